The van der Waals surface area contributed by atoms with Crippen LogP contribution in [-0.2, 0) is 19.1 Å². The Bertz CT molecular complexity index is 1090. The van der Waals surface area contributed by atoms with E-state index in [1.165, 1.54) is 6.92 Å². The predicted octanol–water partition coefficient (Wildman–Crippen LogP) is 4.09. The minimum absolute atomic E-state index is 0.129. The average Bonchev–Trinajstić information content (AvgIpc) is 3.10. The number of anilines is 1. The van der Waals surface area contributed by atoms with Crippen LogP contribution in [0.2, 0.25) is 0 Å². The molecule has 0 unspecified atom stereocenters. The summed E-state index contributed by atoms with van der Waals surface area (Å²) in [5.74, 6) is -0.198. The molecule has 0 radical (unpaired) electrons. The number of amides is 1. The summed E-state index contributed by atoms with van der Waals surface area (Å²) < 4.78 is 16.2. The van der Waals surface area contributed by atoms with E-state index in [4.69, 9.17) is 14.2 Å². The monoisotopic (exact) mass is 436 g/mol. The molecule has 0 saturated heterocycles. The molecular formula is C24H24N2O6. The lowest BCUT2D eigenvalue weighted by atomic mass is 10.1. The van der Waals surface area contributed by atoms with Gasteiger partial charge in [0.15, 0.2) is 17.2 Å². The van der Waals surface area contributed by atoms with Crippen LogP contribution in [-0.4, -0.2) is 30.4 Å². The number of hydrogen-bond donors (Lipinski definition) is 1. The molecule has 1 N–H and O–H groups in total. The summed E-state index contributed by atoms with van der Waals surface area (Å²) in [5, 5.41) is 2.67. The average molecular weight is 436 g/mol. The summed E-state index contributed by atoms with van der Waals surface area (Å²) in [5.41, 5.74) is 2.00. The molecule has 2 aromatic carbocycles. The number of esters is 2. The Kier molecular flexibility index (Phi) is 7.38. The molecule has 166 valence electrons. The molecule has 0 fully saturated rings. The van der Waals surface area contributed by atoms with Crippen LogP contribution in [0.3, 0.4) is 0 Å². The second-order valence-electron chi connectivity index (χ2n) is 6.96. The van der Waals surface area contributed by atoms with Crippen LogP contribution in [0.4, 0.5) is 5.69 Å². The molecule has 1 aliphatic heterocycles. The van der Waals surface area contributed by atoms with Crippen molar-refractivity contribution in [3.05, 3.63) is 59.3 Å². The predicted molar refractivity (Wildman–Crippen MR) is 120 cm³/mol. The first-order chi connectivity index (χ1) is 15.4. The fourth-order valence-corrected chi connectivity index (χ4v) is 2.93. The van der Waals surface area contributed by atoms with Gasteiger partial charge < -0.3 is 19.5 Å². The van der Waals surface area contributed by atoms with Gasteiger partial charge in [0.05, 0.1) is 6.61 Å². The number of nitrogens with zero attached hydrogens (tertiary/aromatic N) is 1. The number of ether oxygens (including phenoxy) is 3. The maximum Gasteiger partial charge on any atom is 0.363 e. The van der Waals surface area contributed by atoms with Crippen LogP contribution in [0.15, 0.2) is 53.2 Å². The molecule has 0 atom stereocenters. The van der Waals surface area contributed by atoms with Crippen LogP contribution in [0.25, 0.3) is 6.08 Å². The third-order valence-electron chi connectivity index (χ3n) is 4.32. The van der Waals surface area contributed by atoms with Crippen LogP contribution in [0.1, 0.15) is 44.7 Å². The lowest BCUT2D eigenvalue weighted by Gasteiger charge is -2.11. The molecule has 8 heteroatoms. The molecule has 32 heavy (non-hydrogen) atoms. The van der Waals surface area contributed by atoms with Crippen molar-refractivity contribution in [1.82, 2.24) is 0 Å². The van der Waals surface area contributed by atoms with Crippen molar-refractivity contribution in [2.45, 2.75) is 33.6 Å². The fraction of sp³-hybridized carbons (Fsp3) is 0.250. The zero-order valence-corrected chi connectivity index (χ0v) is 18.1. The molecule has 1 aliphatic rings. The molecule has 1 heterocycles. The number of carbonyl (C=O) groups excluding carboxylic acids is 3. The van der Waals surface area contributed by atoms with Crippen LogP contribution < -0.4 is 14.8 Å². The van der Waals surface area contributed by atoms with Gasteiger partial charge >= 0.3 is 11.9 Å². The second kappa shape index (κ2) is 10.4. The van der Waals surface area contributed by atoms with E-state index < -0.39 is 5.97 Å². The van der Waals surface area contributed by atoms with Crippen molar-refractivity contribution < 1.29 is 28.6 Å². The quantitative estimate of drug-likeness (QED) is 0.380. The molecule has 3 rings (SSSR count). The molecular weight excluding hydrogens is 412 g/mol. The largest absolute Gasteiger partial charge is 0.490 e. The Morgan fingerprint density at radius 2 is 1.84 bits per heavy atom. The Morgan fingerprint density at radius 3 is 2.50 bits per heavy atom. The second-order valence-corrected chi connectivity index (χ2v) is 6.96. The van der Waals surface area contributed by atoms with Crippen LogP contribution in [0.5, 0.6) is 11.5 Å². The maximum absolute atomic E-state index is 12.3. The lowest BCUT2D eigenvalue weighted by Crippen LogP contribution is -2.08. The summed E-state index contributed by atoms with van der Waals surface area (Å²) in [4.78, 5) is 39.6. The van der Waals surface area contributed by atoms with Gasteiger partial charge in [0, 0.05) is 24.6 Å². The van der Waals surface area contributed by atoms with Gasteiger partial charge in [-0.05, 0) is 61.4 Å². The van der Waals surface area contributed by atoms with Gasteiger partial charge in [-0.1, -0.05) is 13.0 Å². The SMILES string of the molecule is CCCC(=O)Oc1ccc(/C=C2\N=C(c3ccc(NC(C)=O)cc3)OC2=O)cc1OCC. The highest BCUT2D eigenvalue weighted by Gasteiger charge is 2.24. The summed E-state index contributed by atoms with van der Waals surface area (Å²) in [6.45, 7) is 5.53. The van der Waals surface area contributed by atoms with Crippen molar-refractivity contribution >= 4 is 35.5 Å². The Morgan fingerprint density at radius 1 is 1.09 bits per heavy atom. The van der Waals surface area contributed by atoms with Crippen molar-refractivity contribution in [2.75, 3.05) is 11.9 Å². The zero-order valence-electron chi connectivity index (χ0n) is 18.1. The third-order valence-corrected chi connectivity index (χ3v) is 4.32. The minimum Gasteiger partial charge on any atom is -0.490 e. The molecule has 0 bridgehead atoms. The van der Waals surface area contributed by atoms with Crippen molar-refractivity contribution in [3.8, 4) is 11.5 Å². The summed E-state index contributed by atoms with van der Waals surface area (Å²) >= 11 is 0. The van der Waals surface area contributed by atoms with Gasteiger partial charge in [0.2, 0.25) is 11.8 Å². The number of hydrogen-bond acceptors (Lipinski definition) is 7. The molecule has 1 amide bonds. The Labute approximate surface area is 185 Å². The summed E-state index contributed by atoms with van der Waals surface area (Å²) in [6, 6.07) is 11.8. The van der Waals surface area contributed by atoms with Crippen LogP contribution >= 0.6 is 0 Å². The minimum atomic E-state index is -0.581. The number of benzene rings is 2. The van der Waals surface area contributed by atoms with Gasteiger partial charge in [0.25, 0.3) is 0 Å². The summed E-state index contributed by atoms with van der Waals surface area (Å²) in [7, 11) is 0. The zero-order chi connectivity index (χ0) is 23.1. The first kappa shape index (κ1) is 22.7. The standard InChI is InChI=1S/C24H24N2O6/c1-4-6-22(28)31-20-12-7-16(14-21(20)30-5-2)13-19-24(29)32-23(26-19)17-8-10-18(11-9-17)25-15(3)27/h7-14H,4-6H2,1-3H3,(H,25,27)/b19-13-. The Balaban J connectivity index is 1.83. The maximum atomic E-state index is 12.3. The van der Waals surface area contributed by atoms with Gasteiger partial charge in [0.1, 0.15) is 0 Å². The highest BCUT2D eigenvalue weighted by Crippen LogP contribution is 2.30. The van der Waals surface area contributed by atoms with Crippen molar-refractivity contribution in [3.63, 3.8) is 0 Å². The molecule has 2 aromatic rings. The van der Waals surface area contributed by atoms with Gasteiger partial charge in [-0.3, -0.25) is 9.59 Å². The van der Waals surface area contributed by atoms with Crippen LogP contribution in [0, 0.1) is 0 Å². The first-order valence-corrected chi connectivity index (χ1v) is 10.3. The molecule has 0 spiro atoms. The number of rotatable bonds is 8. The van der Waals surface area contributed by atoms with E-state index in [1.54, 1.807) is 48.5 Å². The molecule has 0 saturated carbocycles. The number of carbonyl (C=O) groups is 3. The van der Waals surface area contributed by atoms with Crippen molar-refractivity contribution in [1.29, 1.82) is 0 Å². The number of nitrogens with one attached hydrogen (secondary N) is 1. The van der Waals surface area contributed by atoms with E-state index in [1.807, 2.05) is 13.8 Å². The topological polar surface area (TPSA) is 103 Å². The first-order valence-electron chi connectivity index (χ1n) is 10.3. The van der Waals surface area contributed by atoms with E-state index in [0.717, 1.165) is 0 Å². The van der Waals surface area contributed by atoms with Gasteiger partial charge in [-0.15, -0.1) is 0 Å². The van der Waals surface area contributed by atoms with E-state index >= 15 is 0 Å². The normalized spacial score (nSPS) is 14.0. The third kappa shape index (κ3) is 5.81. The lowest BCUT2D eigenvalue weighted by molar-refractivity contribution is -0.134. The smallest absolute Gasteiger partial charge is 0.363 e. The summed E-state index contributed by atoms with van der Waals surface area (Å²) in [6.07, 6.45) is 2.57. The highest BCUT2D eigenvalue weighted by molar-refractivity contribution is 6.13. The molecule has 0 aromatic heterocycles. The fourth-order valence-electron chi connectivity index (χ4n) is 2.93. The van der Waals surface area contributed by atoms with Gasteiger partial charge in [-0.25, -0.2) is 9.79 Å². The number of aliphatic imine (C=N–C) groups is 1. The molecule has 0 aliphatic carbocycles. The van der Waals surface area contributed by atoms with Crippen molar-refractivity contribution in [2.24, 2.45) is 4.99 Å². The van der Waals surface area contributed by atoms with E-state index in [-0.39, 0.29) is 23.5 Å². The van der Waals surface area contributed by atoms with E-state index in [2.05, 4.69) is 10.3 Å². The van der Waals surface area contributed by atoms with E-state index in [0.29, 0.717) is 47.8 Å². The van der Waals surface area contributed by atoms with Gasteiger partial charge in [-0.2, -0.15) is 0 Å². The van der Waals surface area contributed by atoms with E-state index in [9.17, 15) is 14.4 Å². The Hall–Kier alpha value is -3.94. The highest BCUT2D eigenvalue weighted by atomic mass is 16.6. The molecule has 8 nitrogen and oxygen atoms in total. The number of cyclic esters (lactones) is 1.